The maximum Gasteiger partial charge on any atom is 0.0535 e. The van der Waals surface area contributed by atoms with E-state index in [0.717, 1.165) is 23.9 Å². The molecule has 2 nitrogen and oxygen atoms in total. The molecule has 2 rings (SSSR count). The van der Waals surface area contributed by atoms with Crippen molar-refractivity contribution in [2.24, 2.45) is 5.73 Å². The molecule has 0 fully saturated rings. The summed E-state index contributed by atoms with van der Waals surface area (Å²) < 4.78 is 1.16. The summed E-state index contributed by atoms with van der Waals surface area (Å²) in [5, 5.41) is 3.44. The van der Waals surface area contributed by atoms with Gasteiger partial charge in [0.2, 0.25) is 0 Å². The first-order chi connectivity index (χ1) is 6.70. The molecule has 1 atom stereocenters. The highest BCUT2D eigenvalue weighted by Crippen LogP contribution is 2.35. The van der Waals surface area contributed by atoms with E-state index in [1.54, 1.807) is 0 Å². The van der Waals surface area contributed by atoms with E-state index in [1.807, 2.05) is 0 Å². The number of anilines is 1. The molecular formula is C11H15BrN2. The Kier molecular flexibility index (Phi) is 2.79. The van der Waals surface area contributed by atoms with Gasteiger partial charge < -0.3 is 11.1 Å². The Morgan fingerprint density at radius 1 is 1.50 bits per heavy atom. The summed E-state index contributed by atoms with van der Waals surface area (Å²) in [5.74, 6) is 0. The summed E-state index contributed by atoms with van der Waals surface area (Å²) in [7, 11) is 0. The molecule has 0 saturated heterocycles. The first kappa shape index (κ1) is 9.99. The Morgan fingerprint density at radius 2 is 2.29 bits per heavy atom. The molecule has 0 radical (unpaired) electrons. The van der Waals surface area contributed by atoms with Gasteiger partial charge in [0, 0.05) is 17.1 Å². The molecule has 3 N–H and O–H groups in total. The van der Waals surface area contributed by atoms with Crippen molar-refractivity contribution in [3.05, 3.63) is 27.7 Å². The van der Waals surface area contributed by atoms with Crippen molar-refractivity contribution in [1.82, 2.24) is 0 Å². The molecule has 1 aliphatic heterocycles. The average molecular weight is 255 g/mol. The molecule has 3 heteroatoms. The fourth-order valence-corrected chi connectivity index (χ4v) is 2.38. The lowest BCUT2D eigenvalue weighted by atomic mass is 10.0. The van der Waals surface area contributed by atoms with Crippen LogP contribution in [0.1, 0.15) is 30.0 Å². The van der Waals surface area contributed by atoms with Crippen LogP contribution in [-0.4, -0.2) is 6.54 Å². The van der Waals surface area contributed by atoms with Gasteiger partial charge in [-0.05, 0) is 46.8 Å². The number of hydrogen-bond acceptors (Lipinski definition) is 2. The molecular weight excluding hydrogens is 240 g/mol. The average Bonchev–Trinajstić information content (AvgIpc) is 2.35. The number of nitrogens with two attached hydrogens (primary N) is 1. The molecule has 1 unspecified atom stereocenters. The van der Waals surface area contributed by atoms with Crippen LogP contribution in [0.25, 0.3) is 0 Å². The number of benzene rings is 1. The minimum atomic E-state index is 0.178. The second kappa shape index (κ2) is 3.91. The molecule has 0 amide bonds. The van der Waals surface area contributed by atoms with Crippen LogP contribution in [0.3, 0.4) is 0 Å². The third-order valence-corrected chi connectivity index (χ3v) is 3.78. The van der Waals surface area contributed by atoms with Gasteiger partial charge in [-0.25, -0.2) is 0 Å². The van der Waals surface area contributed by atoms with E-state index in [-0.39, 0.29) is 6.04 Å². The Morgan fingerprint density at radius 3 is 3.07 bits per heavy atom. The summed E-state index contributed by atoms with van der Waals surface area (Å²) in [6, 6.07) is 4.44. The molecule has 1 heterocycles. The minimum absolute atomic E-state index is 0.178. The number of halogens is 1. The van der Waals surface area contributed by atoms with Gasteiger partial charge in [0.1, 0.15) is 0 Å². The van der Waals surface area contributed by atoms with E-state index in [9.17, 15) is 0 Å². The van der Waals surface area contributed by atoms with Gasteiger partial charge in [0.25, 0.3) is 0 Å². The molecule has 0 bridgehead atoms. The fourth-order valence-electron chi connectivity index (χ4n) is 1.87. The van der Waals surface area contributed by atoms with E-state index in [4.69, 9.17) is 5.73 Å². The zero-order valence-corrected chi connectivity index (χ0v) is 9.89. The Balaban J connectivity index is 2.53. The normalized spacial score (nSPS) is 20.9. The van der Waals surface area contributed by atoms with Gasteiger partial charge in [-0.2, -0.15) is 0 Å². The SMILES string of the molecule is Cc1ccc2c(c1Br)NCCCC2N. The van der Waals surface area contributed by atoms with Crippen LogP contribution in [0.2, 0.25) is 0 Å². The van der Waals surface area contributed by atoms with E-state index in [2.05, 4.69) is 40.3 Å². The van der Waals surface area contributed by atoms with Gasteiger partial charge in [-0.3, -0.25) is 0 Å². The monoisotopic (exact) mass is 254 g/mol. The van der Waals surface area contributed by atoms with Gasteiger partial charge in [0.15, 0.2) is 0 Å². The number of fused-ring (bicyclic) bond motifs is 1. The van der Waals surface area contributed by atoms with Crippen LogP contribution in [-0.2, 0) is 0 Å². The van der Waals surface area contributed by atoms with Gasteiger partial charge in [-0.1, -0.05) is 12.1 Å². The maximum atomic E-state index is 6.10. The standard InChI is InChI=1S/C11H15BrN2/c1-7-4-5-8-9(13)3-2-6-14-11(8)10(7)12/h4-5,9,14H,2-3,6,13H2,1H3. The van der Waals surface area contributed by atoms with E-state index in [0.29, 0.717) is 0 Å². The predicted octanol–water partition coefficient (Wildman–Crippen LogP) is 2.96. The van der Waals surface area contributed by atoms with E-state index in [1.165, 1.54) is 16.8 Å². The molecule has 0 aliphatic carbocycles. The summed E-state index contributed by atoms with van der Waals surface area (Å²) in [6.45, 7) is 3.12. The number of rotatable bonds is 0. The zero-order chi connectivity index (χ0) is 10.1. The summed E-state index contributed by atoms with van der Waals surface area (Å²) in [4.78, 5) is 0. The molecule has 0 aromatic heterocycles. The van der Waals surface area contributed by atoms with Crippen LogP contribution in [0.4, 0.5) is 5.69 Å². The number of hydrogen-bond donors (Lipinski definition) is 2. The van der Waals surface area contributed by atoms with E-state index >= 15 is 0 Å². The molecule has 0 saturated carbocycles. The molecule has 76 valence electrons. The van der Waals surface area contributed by atoms with Crippen LogP contribution in [0.15, 0.2) is 16.6 Å². The Labute approximate surface area is 93.0 Å². The fraction of sp³-hybridized carbons (Fsp3) is 0.455. The van der Waals surface area contributed by atoms with Crippen molar-refractivity contribution in [1.29, 1.82) is 0 Å². The van der Waals surface area contributed by atoms with Crippen molar-refractivity contribution in [3.8, 4) is 0 Å². The van der Waals surface area contributed by atoms with Crippen molar-refractivity contribution in [2.45, 2.75) is 25.8 Å². The molecule has 1 aromatic rings. The first-order valence-electron chi connectivity index (χ1n) is 4.98. The Hall–Kier alpha value is -0.540. The van der Waals surface area contributed by atoms with Crippen molar-refractivity contribution >= 4 is 21.6 Å². The van der Waals surface area contributed by atoms with Crippen LogP contribution < -0.4 is 11.1 Å². The predicted molar refractivity (Wildman–Crippen MR) is 63.5 cm³/mol. The third-order valence-electron chi connectivity index (χ3n) is 2.76. The van der Waals surface area contributed by atoms with Crippen LogP contribution >= 0.6 is 15.9 Å². The smallest absolute Gasteiger partial charge is 0.0535 e. The molecule has 1 aromatic carbocycles. The number of aryl methyl sites for hydroxylation is 1. The lowest BCUT2D eigenvalue weighted by molar-refractivity contribution is 0.642. The lowest BCUT2D eigenvalue weighted by Crippen LogP contribution is -2.09. The van der Waals surface area contributed by atoms with Crippen LogP contribution in [0, 0.1) is 6.92 Å². The topological polar surface area (TPSA) is 38.0 Å². The van der Waals surface area contributed by atoms with Crippen molar-refractivity contribution < 1.29 is 0 Å². The minimum Gasteiger partial charge on any atom is -0.384 e. The summed E-state index contributed by atoms with van der Waals surface area (Å²) in [6.07, 6.45) is 2.21. The summed E-state index contributed by atoms with van der Waals surface area (Å²) >= 11 is 3.61. The molecule has 14 heavy (non-hydrogen) atoms. The third kappa shape index (κ3) is 1.66. The van der Waals surface area contributed by atoms with Crippen molar-refractivity contribution in [3.63, 3.8) is 0 Å². The highest BCUT2D eigenvalue weighted by atomic mass is 79.9. The molecule has 0 spiro atoms. The quantitative estimate of drug-likeness (QED) is 0.748. The van der Waals surface area contributed by atoms with Gasteiger partial charge in [-0.15, -0.1) is 0 Å². The lowest BCUT2D eigenvalue weighted by Gasteiger charge is -2.15. The maximum absolute atomic E-state index is 6.10. The zero-order valence-electron chi connectivity index (χ0n) is 8.31. The second-order valence-corrected chi connectivity index (χ2v) is 4.63. The largest absolute Gasteiger partial charge is 0.384 e. The molecule has 1 aliphatic rings. The first-order valence-corrected chi connectivity index (χ1v) is 5.78. The van der Waals surface area contributed by atoms with E-state index < -0.39 is 0 Å². The van der Waals surface area contributed by atoms with Crippen LogP contribution in [0.5, 0.6) is 0 Å². The van der Waals surface area contributed by atoms with Gasteiger partial charge >= 0.3 is 0 Å². The summed E-state index contributed by atoms with van der Waals surface area (Å²) in [5.41, 5.74) is 9.79. The highest BCUT2D eigenvalue weighted by Gasteiger charge is 2.17. The Bertz CT molecular complexity index is 349. The van der Waals surface area contributed by atoms with Crippen molar-refractivity contribution in [2.75, 3.05) is 11.9 Å². The number of nitrogens with one attached hydrogen (secondary N) is 1. The highest BCUT2D eigenvalue weighted by molar-refractivity contribution is 9.10. The second-order valence-electron chi connectivity index (χ2n) is 3.84. The van der Waals surface area contributed by atoms with Gasteiger partial charge in [0.05, 0.1) is 5.69 Å².